The van der Waals surface area contributed by atoms with Crippen molar-refractivity contribution >= 4 is 0 Å². The molecular weight excluding hydrogens is 168 g/mol. The van der Waals surface area contributed by atoms with Gasteiger partial charge in [0.15, 0.2) is 0 Å². The van der Waals surface area contributed by atoms with Gasteiger partial charge < -0.3 is 21.3 Å². The summed E-state index contributed by atoms with van der Waals surface area (Å²) in [5, 5.41) is 21.6. The van der Waals surface area contributed by atoms with E-state index in [9.17, 15) is 0 Å². The molecule has 78 valence electrons. The van der Waals surface area contributed by atoms with Crippen LogP contribution in [0.5, 0.6) is 0 Å². The molecule has 0 atom stereocenters. The van der Waals surface area contributed by atoms with E-state index >= 15 is 0 Å². The minimum atomic E-state index is -0.509. The fraction of sp³-hybridized carbons (Fsp3) is 1.00. The quantitative estimate of drug-likeness (QED) is 0.455. The van der Waals surface area contributed by atoms with Crippen LogP contribution in [0, 0.1) is 0 Å². The predicted molar refractivity (Wildman–Crippen MR) is 51.3 cm³/mol. The van der Waals surface area contributed by atoms with E-state index in [-0.39, 0.29) is 13.2 Å². The summed E-state index contributed by atoms with van der Waals surface area (Å²) in [6, 6.07) is 0.665. The van der Waals surface area contributed by atoms with E-state index in [2.05, 4.69) is 5.32 Å². The maximum absolute atomic E-state index is 9.16. The molecule has 5 N–H and O–H groups in total. The minimum absolute atomic E-state index is 0.0221. The number of nitrogens with one attached hydrogen (secondary N) is 1. The van der Waals surface area contributed by atoms with E-state index < -0.39 is 5.54 Å². The molecule has 0 bridgehead atoms. The highest BCUT2D eigenvalue weighted by molar-refractivity contribution is 4.95. The highest BCUT2D eigenvalue weighted by atomic mass is 16.3. The number of aliphatic hydroxyl groups is 2. The third-order valence-electron chi connectivity index (χ3n) is 2.97. The van der Waals surface area contributed by atoms with Gasteiger partial charge in [0.25, 0.3) is 0 Å². The van der Waals surface area contributed by atoms with Crippen LogP contribution in [0.2, 0.25) is 0 Å². The van der Waals surface area contributed by atoms with E-state index in [1.807, 2.05) is 6.92 Å². The molecule has 4 heteroatoms. The number of hydrogen-bond acceptors (Lipinski definition) is 4. The largest absolute Gasteiger partial charge is 0.394 e. The first-order valence-electron chi connectivity index (χ1n) is 4.91. The van der Waals surface area contributed by atoms with Crippen LogP contribution in [0.4, 0.5) is 0 Å². The van der Waals surface area contributed by atoms with Crippen molar-refractivity contribution in [3.63, 3.8) is 0 Å². The zero-order valence-electron chi connectivity index (χ0n) is 8.16. The van der Waals surface area contributed by atoms with Gasteiger partial charge in [-0.2, -0.15) is 0 Å². The molecule has 1 saturated carbocycles. The first kappa shape index (κ1) is 10.9. The molecular formula is C9H20N2O2. The molecule has 0 saturated heterocycles. The minimum Gasteiger partial charge on any atom is -0.394 e. The number of rotatable bonds is 5. The summed E-state index contributed by atoms with van der Waals surface area (Å²) in [4.78, 5) is 0. The first-order valence-corrected chi connectivity index (χ1v) is 4.91. The maximum Gasteiger partial charge on any atom is 0.0647 e. The first-order chi connectivity index (χ1) is 6.15. The van der Waals surface area contributed by atoms with Crippen LogP contribution in [0.15, 0.2) is 0 Å². The van der Waals surface area contributed by atoms with Crippen LogP contribution in [-0.4, -0.2) is 41.0 Å². The molecule has 4 nitrogen and oxygen atoms in total. The molecule has 0 spiro atoms. The molecule has 0 aromatic rings. The third-order valence-corrected chi connectivity index (χ3v) is 2.97. The van der Waals surface area contributed by atoms with Crippen molar-refractivity contribution in [3.8, 4) is 0 Å². The van der Waals surface area contributed by atoms with Gasteiger partial charge in [-0.05, 0) is 19.3 Å². The average molecular weight is 188 g/mol. The molecule has 0 amide bonds. The van der Waals surface area contributed by atoms with Gasteiger partial charge in [-0.3, -0.25) is 0 Å². The SMILES string of the molecule is CCC(CO)(CO)NC1CC(N)C1. The molecule has 0 aromatic heterocycles. The molecule has 13 heavy (non-hydrogen) atoms. The molecule has 0 aliphatic heterocycles. The highest BCUT2D eigenvalue weighted by Gasteiger charge is 2.34. The Labute approximate surface area is 79.1 Å². The van der Waals surface area contributed by atoms with Crippen molar-refractivity contribution in [1.82, 2.24) is 5.32 Å². The van der Waals surface area contributed by atoms with Gasteiger partial charge >= 0.3 is 0 Å². The Balaban J connectivity index is 2.38. The topological polar surface area (TPSA) is 78.5 Å². The van der Waals surface area contributed by atoms with Gasteiger partial charge in [0.05, 0.1) is 18.8 Å². The van der Waals surface area contributed by atoms with Gasteiger partial charge in [0.2, 0.25) is 0 Å². The van der Waals surface area contributed by atoms with E-state index in [0.29, 0.717) is 12.1 Å². The average Bonchev–Trinajstić information content (AvgIpc) is 2.11. The summed E-state index contributed by atoms with van der Waals surface area (Å²) in [5.41, 5.74) is 5.14. The Hall–Kier alpha value is -0.160. The lowest BCUT2D eigenvalue weighted by Crippen LogP contribution is -2.60. The van der Waals surface area contributed by atoms with Crippen molar-refractivity contribution in [2.45, 2.75) is 43.8 Å². The normalized spacial score (nSPS) is 28.6. The molecule has 1 rings (SSSR count). The van der Waals surface area contributed by atoms with Crippen LogP contribution < -0.4 is 11.1 Å². The smallest absolute Gasteiger partial charge is 0.0647 e. The molecule has 0 heterocycles. The number of hydrogen-bond donors (Lipinski definition) is 4. The summed E-state index contributed by atoms with van der Waals surface area (Å²) in [7, 11) is 0. The molecule has 0 unspecified atom stereocenters. The lowest BCUT2D eigenvalue weighted by molar-refractivity contribution is 0.0632. The van der Waals surface area contributed by atoms with Crippen molar-refractivity contribution < 1.29 is 10.2 Å². The Morgan fingerprint density at radius 1 is 1.38 bits per heavy atom. The fourth-order valence-electron chi connectivity index (χ4n) is 1.68. The second-order valence-corrected chi connectivity index (χ2v) is 4.02. The summed E-state index contributed by atoms with van der Waals surface area (Å²) in [5.74, 6) is 0. The van der Waals surface area contributed by atoms with Crippen LogP contribution >= 0.6 is 0 Å². The second-order valence-electron chi connectivity index (χ2n) is 4.02. The fourth-order valence-corrected chi connectivity index (χ4v) is 1.68. The molecule has 0 radical (unpaired) electrons. The predicted octanol–water partition coefficient (Wildman–Crippen LogP) is -0.801. The van der Waals surface area contributed by atoms with Crippen LogP contribution in [-0.2, 0) is 0 Å². The molecule has 0 aromatic carbocycles. The number of aliphatic hydroxyl groups excluding tert-OH is 2. The van der Waals surface area contributed by atoms with Crippen LogP contribution in [0.1, 0.15) is 26.2 Å². The summed E-state index contributed by atoms with van der Waals surface area (Å²) >= 11 is 0. The van der Waals surface area contributed by atoms with Gasteiger partial charge in [-0.25, -0.2) is 0 Å². The summed E-state index contributed by atoms with van der Waals surface area (Å²) in [6.45, 7) is 1.91. The lowest BCUT2D eigenvalue weighted by Gasteiger charge is -2.41. The van der Waals surface area contributed by atoms with Crippen molar-refractivity contribution in [2.75, 3.05) is 13.2 Å². The molecule has 1 aliphatic carbocycles. The maximum atomic E-state index is 9.16. The zero-order valence-corrected chi connectivity index (χ0v) is 8.16. The number of nitrogens with two attached hydrogens (primary N) is 1. The third kappa shape index (κ3) is 2.40. The van der Waals surface area contributed by atoms with E-state index in [4.69, 9.17) is 15.9 Å². The molecule has 1 aliphatic rings. The summed E-state index contributed by atoms with van der Waals surface area (Å²) < 4.78 is 0. The monoisotopic (exact) mass is 188 g/mol. The van der Waals surface area contributed by atoms with E-state index in [1.54, 1.807) is 0 Å². The highest BCUT2D eigenvalue weighted by Crippen LogP contribution is 2.21. The van der Waals surface area contributed by atoms with Gasteiger partial charge in [-0.15, -0.1) is 0 Å². The van der Waals surface area contributed by atoms with Crippen molar-refractivity contribution in [2.24, 2.45) is 5.73 Å². The van der Waals surface area contributed by atoms with E-state index in [1.165, 1.54) is 0 Å². The Morgan fingerprint density at radius 2 is 1.92 bits per heavy atom. The standard InChI is InChI=1S/C9H20N2O2/c1-2-9(5-12,6-13)11-8-3-7(10)4-8/h7-8,11-13H,2-6,10H2,1H3. The summed E-state index contributed by atoms with van der Waals surface area (Å²) in [6.07, 6.45) is 2.62. The van der Waals surface area contributed by atoms with Crippen molar-refractivity contribution in [3.05, 3.63) is 0 Å². The van der Waals surface area contributed by atoms with Gasteiger partial charge in [-0.1, -0.05) is 6.92 Å². The van der Waals surface area contributed by atoms with Crippen LogP contribution in [0.25, 0.3) is 0 Å². The van der Waals surface area contributed by atoms with Crippen molar-refractivity contribution in [1.29, 1.82) is 0 Å². The second kappa shape index (κ2) is 4.37. The Morgan fingerprint density at radius 3 is 2.23 bits per heavy atom. The zero-order chi connectivity index (χ0) is 9.90. The Kier molecular flexibility index (Phi) is 3.67. The van der Waals surface area contributed by atoms with E-state index in [0.717, 1.165) is 19.3 Å². The Bertz CT molecular complexity index is 145. The van der Waals surface area contributed by atoms with Crippen LogP contribution in [0.3, 0.4) is 0 Å². The molecule has 1 fully saturated rings. The van der Waals surface area contributed by atoms with Gasteiger partial charge in [0, 0.05) is 12.1 Å². The van der Waals surface area contributed by atoms with Gasteiger partial charge in [0.1, 0.15) is 0 Å². The lowest BCUT2D eigenvalue weighted by atomic mass is 9.84.